The number of unbranched alkanes of at least 4 members (excludes halogenated alkanes) is 1. The molecule has 0 saturated heterocycles. The molecule has 0 aliphatic heterocycles. The molecule has 0 bridgehead atoms. The van der Waals surface area contributed by atoms with Crippen LogP contribution in [0, 0.1) is 0 Å². The van der Waals surface area contributed by atoms with Gasteiger partial charge >= 0.3 is 0 Å². The zero-order valence-electron chi connectivity index (χ0n) is 13.6. The van der Waals surface area contributed by atoms with Gasteiger partial charge in [0, 0.05) is 25.0 Å². The quantitative estimate of drug-likeness (QED) is 0.734. The third-order valence-electron chi connectivity index (χ3n) is 3.46. The fourth-order valence-corrected chi connectivity index (χ4v) is 2.09. The van der Waals surface area contributed by atoms with Crippen molar-refractivity contribution in [2.45, 2.75) is 26.3 Å². The van der Waals surface area contributed by atoms with Crippen molar-refractivity contribution in [1.29, 1.82) is 0 Å². The Morgan fingerprint density at radius 2 is 2.00 bits per heavy atom. The molecule has 1 amide bonds. The maximum Gasteiger partial charge on any atom is 0.270 e. The molecule has 0 spiro atoms. The summed E-state index contributed by atoms with van der Waals surface area (Å²) in [5, 5.41) is 6.17. The van der Waals surface area contributed by atoms with Gasteiger partial charge < -0.3 is 15.4 Å². The van der Waals surface area contributed by atoms with Gasteiger partial charge in [-0.05, 0) is 36.2 Å². The summed E-state index contributed by atoms with van der Waals surface area (Å²) in [6.07, 6.45) is 3.88. The second kappa shape index (κ2) is 8.78. The van der Waals surface area contributed by atoms with E-state index in [0.717, 1.165) is 36.4 Å². The Hall–Kier alpha value is -2.56. The van der Waals surface area contributed by atoms with Gasteiger partial charge in [0.25, 0.3) is 5.91 Å². The first kappa shape index (κ1) is 16.8. The molecular weight excluding hydrogens is 290 g/mol. The average Bonchev–Trinajstić information content (AvgIpc) is 2.60. The third kappa shape index (κ3) is 5.29. The van der Waals surface area contributed by atoms with Gasteiger partial charge in [-0.25, -0.2) is 0 Å². The van der Waals surface area contributed by atoms with Gasteiger partial charge in [-0.15, -0.1) is 0 Å². The van der Waals surface area contributed by atoms with E-state index in [9.17, 15) is 4.79 Å². The maximum absolute atomic E-state index is 12.2. The first-order chi connectivity index (χ1) is 11.2. The molecule has 0 radical (unpaired) electrons. The van der Waals surface area contributed by atoms with Gasteiger partial charge in [-0.3, -0.25) is 9.78 Å². The Morgan fingerprint density at radius 3 is 2.70 bits per heavy atom. The summed E-state index contributed by atoms with van der Waals surface area (Å²) >= 11 is 0. The van der Waals surface area contributed by atoms with Gasteiger partial charge in [0.15, 0.2) is 0 Å². The lowest BCUT2D eigenvalue weighted by Crippen LogP contribution is -2.23. The smallest absolute Gasteiger partial charge is 0.270 e. The van der Waals surface area contributed by atoms with Crippen LogP contribution in [0.4, 0.5) is 5.69 Å². The summed E-state index contributed by atoms with van der Waals surface area (Å²) in [5.41, 5.74) is 2.35. The van der Waals surface area contributed by atoms with E-state index in [1.807, 2.05) is 30.3 Å². The molecule has 23 heavy (non-hydrogen) atoms. The van der Waals surface area contributed by atoms with Crippen LogP contribution in [-0.2, 0) is 6.54 Å². The van der Waals surface area contributed by atoms with E-state index in [2.05, 4.69) is 22.5 Å². The molecule has 0 saturated carbocycles. The van der Waals surface area contributed by atoms with Crippen molar-refractivity contribution in [3.63, 3.8) is 0 Å². The largest absolute Gasteiger partial charge is 0.497 e. The molecule has 0 unspecified atom stereocenters. The van der Waals surface area contributed by atoms with Crippen molar-refractivity contribution in [3.05, 3.63) is 53.9 Å². The summed E-state index contributed by atoms with van der Waals surface area (Å²) in [5.74, 6) is 0.618. The Balaban J connectivity index is 1.90. The number of amides is 1. The second-order valence-electron chi connectivity index (χ2n) is 5.24. The summed E-state index contributed by atoms with van der Waals surface area (Å²) in [7, 11) is 1.63. The molecule has 5 nitrogen and oxygen atoms in total. The van der Waals surface area contributed by atoms with Gasteiger partial charge in [0.05, 0.1) is 7.11 Å². The number of anilines is 1. The zero-order valence-corrected chi connectivity index (χ0v) is 13.6. The number of aromatic nitrogens is 1. The van der Waals surface area contributed by atoms with Crippen LogP contribution in [0.1, 0.15) is 35.8 Å². The number of ether oxygens (including phenoxy) is 1. The molecule has 0 aliphatic rings. The summed E-state index contributed by atoms with van der Waals surface area (Å²) in [6.45, 7) is 3.50. The Morgan fingerprint density at radius 1 is 1.22 bits per heavy atom. The van der Waals surface area contributed by atoms with E-state index in [-0.39, 0.29) is 5.91 Å². The highest BCUT2D eigenvalue weighted by atomic mass is 16.5. The molecule has 0 atom stereocenters. The van der Waals surface area contributed by atoms with E-state index >= 15 is 0 Å². The molecule has 1 aromatic heterocycles. The topological polar surface area (TPSA) is 63.2 Å². The number of pyridine rings is 1. The molecule has 1 heterocycles. The van der Waals surface area contributed by atoms with Gasteiger partial charge in [-0.1, -0.05) is 25.5 Å². The van der Waals surface area contributed by atoms with Crippen LogP contribution in [0.2, 0.25) is 0 Å². The summed E-state index contributed by atoms with van der Waals surface area (Å²) in [6, 6.07) is 11.2. The van der Waals surface area contributed by atoms with Gasteiger partial charge in [-0.2, -0.15) is 0 Å². The van der Waals surface area contributed by atoms with Crippen LogP contribution in [0.3, 0.4) is 0 Å². The number of nitrogens with zero attached hydrogens (tertiary/aromatic N) is 1. The first-order valence-corrected chi connectivity index (χ1v) is 7.84. The molecular formula is C18H23N3O2. The predicted octanol–water partition coefficient (Wildman–Crippen LogP) is 3.23. The molecule has 1 aromatic carbocycles. The lowest BCUT2D eigenvalue weighted by molar-refractivity contribution is 0.0946. The van der Waals surface area contributed by atoms with Crippen molar-refractivity contribution in [2.24, 2.45) is 0 Å². The SMILES string of the molecule is CCCCNc1ccnc(C(=O)NCc2ccc(OC)cc2)c1. The molecule has 2 aromatic rings. The molecule has 0 aliphatic carbocycles. The molecule has 0 fully saturated rings. The van der Waals surface area contributed by atoms with Crippen molar-refractivity contribution in [2.75, 3.05) is 19.0 Å². The molecule has 5 heteroatoms. The Bertz CT molecular complexity index is 626. The third-order valence-corrected chi connectivity index (χ3v) is 3.46. The number of methoxy groups -OCH3 is 1. The standard InChI is InChI=1S/C18H23N3O2/c1-3-4-10-19-15-9-11-20-17(12-15)18(22)21-13-14-5-7-16(23-2)8-6-14/h5-9,11-12H,3-4,10,13H2,1-2H3,(H,19,20)(H,21,22). The highest BCUT2D eigenvalue weighted by Crippen LogP contribution is 2.12. The molecule has 122 valence electrons. The Labute approximate surface area is 137 Å². The summed E-state index contributed by atoms with van der Waals surface area (Å²) in [4.78, 5) is 16.3. The minimum atomic E-state index is -0.181. The molecule has 2 rings (SSSR count). The van der Waals surface area contributed by atoms with Crippen LogP contribution >= 0.6 is 0 Å². The van der Waals surface area contributed by atoms with Crippen molar-refractivity contribution in [3.8, 4) is 5.75 Å². The van der Waals surface area contributed by atoms with E-state index in [0.29, 0.717) is 12.2 Å². The first-order valence-electron chi connectivity index (χ1n) is 7.84. The number of benzene rings is 1. The van der Waals surface area contributed by atoms with Crippen molar-refractivity contribution in [1.82, 2.24) is 10.3 Å². The summed E-state index contributed by atoms with van der Waals surface area (Å²) < 4.78 is 5.11. The van der Waals surface area contributed by atoms with Crippen LogP contribution in [0.25, 0.3) is 0 Å². The van der Waals surface area contributed by atoms with E-state index < -0.39 is 0 Å². The van der Waals surface area contributed by atoms with E-state index in [4.69, 9.17) is 4.74 Å². The fourth-order valence-electron chi connectivity index (χ4n) is 2.09. The number of hydrogen-bond acceptors (Lipinski definition) is 4. The number of carbonyl (C=O) groups is 1. The second-order valence-corrected chi connectivity index (χ2v) is 5.24. The number of rotatable bonds is 8. The predicted molar refractivity (Wildman–Crippen MR) is 91.8 cm³/mol. The van der Waals surface area contributed by atoms with E-state index in [1.165, 1.54) is 0 Å². The van der Waals surface area contributed by atoms with Crippen LogP contribution in [-0.4, -0.2) is 24.5 Å². The fraction of sp³-hybridized carbons (Fsp3) is 0.333. The lowest BCUT2D eigenvalue weighted by atomic mass is 10.2. The van der Waals surface area contributed by atoms with Crippen LogP contribution in [0.15, 0.2) is 42.6 Å². The number of nitrogens with one attached hydrogen (secondary N) is 2. The lowest BCUT2D eigenvalue weighted by Gasteiger charge is -2.08. The maximum atomic E-state index is 12.2. The highest BCUT2D eigenvalue weighted by Gasteiger charge is 2.07. The number of carbonyl (C=O) groups excluding carboxylic acids is 1. The number of hydrogen-bond donors (Lipinski definition) is 2. The van der Waals surface area contributed by atoms with Crippen LogP contribution in [0.5, 0.6) is 5.75 Å². The van der Waals surface area contributed by atoms with E-state index in [1.54, 1.807) is 19.4 Å². The van der Waals surface area contributed by atoms with Crippen LogP contribution < -0.4 is 15.4 Å². The van der Waals surface area contributed by atoms with Crippen molar-refractivity contribution >= 4 is 11.6 Å². The minimum Gasteiger partial charge on any atom is -0.497 e. The highest BCUT2D eigenvalue weighted by molar-refractivity contribution is 5.93. The van der Waals surface area contributed by atoms with Gasteiger partial charge in [0.2, 0.25) is 0 Å². The average molecular weight is 313 g/mol. The normalized spacial score (nSPS) is 10.2. The molecule has 2 N–H and O–H groups in total. The monoisotopic (exact) mass is 313 g/mol. The van der Waals surface area contributed by atoms with Gasteiger partial charge in [0.1, 0.15) is 11.4 Å². The van der Waals surface area contributed by atoms with Crippen molar-refractivity contribution < 1.29 is 9.53 Å². The zero-order chi connectivity index (χ0) is 16.5. The minimum absolute atomic E-state index is 0.181. The Kier molecular flexibility index (Phi) is 6.41.